The number of benzene rings is 3. The van der Waals surface area contributed by atoms with Gasteiger partial charge in [0.25, 0.3) is 5.91 Å². The topological polar surface area (TPSA) is 42.0 Å². The van der Waals surface area contributed by atoms with Gasteiger partial charge in [0.15, 0.2) is 11.5 Å². The summed E-state index contributed by atoms with van der Waals surface area (Å²) >= 11 is 0. The third-order valence-electron chi connectivity index (χ3n) is 4.93. The lowest BCUT2D eigenvalue weighted by Crippen LogP contribution is -2.37. The zero-order chi connectivity index (χ0) is 19.0. The van der Waals surface area contributed by atoms with E-state index in [1.54, 1.807) is 14.2 Å². The minimum Gasteiger partial charge on any atom is -0.493 e. The first kappa shape index (κ1) is 17.4. The summed E-state index contributed by atoms with van der Waals surface area (Å²) in [6.07, 6.45) is 0. The molecule has 0 atom stereocenters. The van der Waals surface area contributed by atoms with Gasteiger partial charge in [0, 0.05) is 17.5 Å². The fraction of sp³-hybridized carbons (Fsp3) is 0.227. The number of methoxy groups -OCH3 is 2. The zero-order valence-electron chi connectivity index (χ0n) is 15.7. The van der Waals surface area contributed by atoms with Crippen LogP contribution < -0.4 is 14.4 Å². The van der Waals surface area contributed by atoms with Gasteiger partial charge in [0.05, 0.1) is 26.6 Å². The lowest BCUT2D eigenvalue weighted by atomic mass is 10.1. The van der Waals surface area contributed by atoms with Gasteiger partial charge in [-0.3, -0.25) is 14.6 Å². The van der Waals surface area contributed by atoms with E-state index in [2.05, 4.69) is 4.90 Å². The van der Waals surface area contributed by atoms with Crippen LogP contribution in [0.5, 0.6) is 11.5 Å². The lowest BCUT2D eigenvalue weighted by Gasteiger charge is -2.25. The van der Waals surface area contributed by atoms with Crippen LogP contribution in [0.15, 0.2) is 54.6 Å². The molecule has 138 valence electrons. The smallest absolute Gasteiger partial charge is 0.260 e. The maximum atomic E-state index is 12.9. The fourth-order valence-corrected chi connectivity index (χ4v) is 3.70. The molecule has 0 radical (unpaired) electrons. The SMILES string of the molecule is COc1ccc(CN(C)CN2C(=O)c3cccc4cccc2c34)cc1OC. The van der Waals surface area contributed by atoms with Crippen LogP contribution in [0.1, 0.15) is 15.9 Å². The van der Waals surface area contributed by atoms with Gasteiger partial charge in [-0.25, -0.2) is 0 Å². The molecule has 1 amide bonds. The first-order valence-electron chi connectivity index (χ1n) is 8.85. The van der Waals surface area contributed by atoms with Crippen LogP contribution in [0.2, 0.25) is 0 Å². The van der Waals surface area contributed by atoms with E-state index in [4.69, 9.17) is 9.47 Å². The van der Waals surface area contributed by atoms with Crippen molar-refractivity contribution in [2.24, 2.45) is 0 Å². The Balaban J connectivity index is 1.55. The predicted octanol–water partition coefficient (Wildman–Crippen LogP) is 3.91. The lowest BCUT2D eigenvalue weighted by molar-refractivity contribution is 0.0977. The Kier molecular flexibility index (Phi) is 4.46. The quantitative estimate of drug-likeness (QED) is 0.667. The molecule has 3 aromatic rings. The van der Waals surface area contributed by atoms with Gasteiger partial charge in [-0.15, -0.1) is 0 Å². The second kappa shape index (κ2) is 6.93. The van der Waals surface area contributed by atoms with Gasteiger partial charge < -0.3 is 9.47 Å². The Labute approximate surface area is 158 Å². The van der Waals surface area contributed by atoms with Crippen molar-refractivity contribution in [2.45, 2.75) is 6.54 Å². The molecule has 0 N–H and O–H groups in total. The summed E-state index contributed by atoms with van der Waals surface area (Å²) < 4.78 is 10.7. The molecule has 1 aliphatic heterocycles. The molecule has 0 bridgehead atoms. The van der Waals surface area contributed by atoms with E-state index in [9.17, 15) is 4.79 Å². The molecular weight excluding hydrogens is 340 g/mol. The summed E-state index contributed by atoms with van der Waals surface area (Å²) in [6, 6.07) is 17.8. The molecule has 0 aliphatic carbocycles. The Bertz CT molecular complexity index is 1010. The molecule has 5 heteroatoms. The molecule has 27 heavy (non-hydrogen) atoms. The molecule has 1 heterocycles. The Morgan fingerprint density at radius 3 is 2.44 bits per heavy atom. The van der Waals surface area contributed by atoms with Crippen molar-refractivity contribution in [2.75, 3.05) is 32.8 Å². The van der Waals surface area contributed by atoms with Crippen LogP contribution in [-0.4, -0.2) is 38.7 Å². The zero-order valence-corrected chi connectivity index (χ0v) is 15.7. The molecule has 0 spiro atoms. The van der Waals surface area contributed by atoms with E-state index in [0.717, 1.165) is 27.6 Å². The highest BCUT2D eigenvalue weighted by Gasteiger charge is 2.30. The molecule has 5 nitrogen and oxygen atoms in total. The van der Waals surface area contributed by atoms with Crippen molar-refractivity contribution in [3.05, 3.63) is 65.7 Å². The molecule has 0 saturated carbocycles. The highest BCUT2D eigenvalue weighted by atomic mass is 16.5. The van der Waals surface area contributed by atoms with Crippen molar-refractivity contribution >= 4 is 22.4 Å². The normalized spacial score (nSPS) is 12.9. The van der Waals surface area contributed by atoms with Crippen LogP contribution in [0.25, 0.3) is 10.8 Å². The van der Waals surface area contributed by atoms with E-state index in [-0.39, 0.29) is 5.91 Å². The van der Waals surface area contributed by atoms with Crippen LogP contribution in [0.4, 0.5) is 5.69 Å². The van der Waals surface area contributed by atoms with Crippen LogP contribution in [0.3, 0.4) is 0 Å². The Morgan fingerprint density at radius 2 is 1.70 bits per heavy atom. The monoisotopic (exact) mass is 362 g/mol. The standard InChI is InChI=1S/C22H22N2O3/c1-23(13-15-10-11-19(26-2)20(12-15)27-3)14-24-18-9-5-7-16-6-4-8-17(21(16)18)22(24)25/h4-12H,13-14H2,1-3H3. The molecule has 0 unspecified atom stereocenters. The first-order chi connectivity index (χ1) is 13.1. The van der Waals surface area contributed by atoms with E-state index < -0.39 is 0 Å². The van der Waals surface area contributed by atoms with Crippen molar-refractivity contribution in [1.29, 1.82) is 0 Å². The fourth-order valence-electron chi connectivity index (χ4n) is 3.70. The summed E-state index contributed by atoms with van der Waals surface area (Å²) in [5.41, 5.74) is 2.85. The number of carbonyl (C=O) groups is 1. The third-order valence-corrected chi connectivity index (χ3v) is 4.93. The van der Waals surface area contributed by atoms with E-state index in [1.165, 1.54) is 0 Å². The average Bonchev–Trinajstić information content (AvgIpc) is 2.96. The summed E-state index contributed by atoms with van der Waals surface area (Å²) in [7, 11) is 5.26. The molecule has 3 aromatic carbocycles. The van der Waals surface area contributed by atoms with Gasteiger partial charge >= 0.3 is 0 Å². The van der Waals surface area contributed by atoms with Gasteiger partial charge in [0.1, 0.15) is 0 Å². The molecular formula is C22H22N2O3. The maximum absolute atomic E-state index is 12.9. The van der Waals surface area contributed by atoms with Gasteiger partial charge in [-0.1, -0.05) is 30.3 Å². The highest BCUT2D eigenvalue weighted by molar-refractivity contribution is 6.24. The Hall–Kier alpha value is -3.05. The number of nitrogens with zero attached hydrogens (tertiary/aromatic N) is 2. The second-order valence-electron chi connectivity index (χ2n) is 6.76. The van der Waals surface area contributed by atoms with Gasteiger partial charge in [-0.2, -0.15) is 0 Å². The number of rotatable bonds is 6. The number of ether oxygens (including phenoxy) is 2. The number of carbonyl (C=O) groups excluding carboxylic acids is 1. The molecule has 0 aromatic heterocycles. The largest absolute Gasteiger partial charge is 0.493 e. The minimum absolute atomic E-state index is 0.0564. The molecule has 0 fully saturated rings. The van der Waals surface area contributed by atoms with E-state index in [1.807, 2.05) is 66.5 Å². The highest BCUT2D eigenvalue weighted by Crippen LogP contribution is 2.37. The van der Waals surface area contributed by atoms with Crippen molar-refractivity contribution in [3.8, 4) is 11.5 Å². The van der Waals surface area contributed by atoms with Crippen molar-refractivity contribution < 1.29 is 14.3 Å². The second-order valence-corrected chi connectivity index (χ2v) is 6.76. The van der Waals surface area contributed by atoms with Gasteiger partial charge in [0.2, 0.25) is 0 Å². The number of hydrogen-bond donors (Lipinski definition) is 0. The van der Waals surface area contributed by atoms with Gasteiger partial charge in [-0.05, 0) is 42.3 Å². The van der Waals surface area contributed by atoms with E-state index >= 15 is 0 Å². The number of amides is 1. The van der Waals surface area contributed by atoms with E-state index in [0.29, 0.717) is 24.7 Å². The average molecular weight is 362 g/mol. The maximum Gasteiger partial charge on any atom is 0.260 e. The predicted molar refractivity (Wildman–Crippen MR) is 107 cm³/mol. The summed E-state index contributed by atoms with van der Waals surface area (Å²) in [6.45, 7) is 1.21. The van der Waals surface area contributed by atoms with Crippen molar-refractivity contribution in [1.82, 2.24) is 4.90 Å². The summed E-state index contributed by atoms with van der Waals surface area (Å²) in [4.78, 5) is 16.9. The van der Waals surface area contributed by atoms with Crippen LogP contribution in [0, 0.1) is 0 Å². The van der Waals surface area contributed by atoms with Crippen LogP contribution >= 0.6 is 0 Å². The minimum atomic E-state index is 0.0564. The first-order valence-corrected chi connectivity index (χ1v) is 8.85. The number of anilines is 1. The molecule has 4 rings (SSSR count). The number of hydrogen-bond acceptors (Lipinski definition) is 4. The molecule has 1 aliphatic rings. The van der Waals surface area contributed by atoms with Crippen molar-refractivity contribution in [3.63, 3.8) is 0 Å². The third kappa shape index (κ3) is 3.00. The van der Waals surface area contributed by atoms with Crippen LogP contribution in [-0.2, 0) is 6.54 Å². The Morgan fingerprint density at radius 1 is 0.963 bits per heavy atom. The summed E-state index contributed by atoms with van der Waals surface area (Å²) in [5, 5.41) is 2.15. The summed E-state index contributed by atoms with van der Waals surface area (Å²) in [5.74, 6) is 1.47. The molecule has 0 saturated heterocycles.